The Bertz CT molecular complexity index is 397. The number of nitrogens with one attached hydrogen (secondary N) is 2. The molecule has 0 spiro atoms. The second-order valence-electron chi connectivity index (χ2n) is 4.95. The van der Waals surface area contributed by atoms with Crippen LogP contribution in [0.1, 0.15) is 24.8 Å². The van der Waals surface area contributed by atoms with E-state index in [4.69, 9.17) is 4.74 Å². The number of carbonyl (C=O) groups is 1. The summed E-state index contributed by atoms with van der Waals surface area (Å²) in [5, 5.41) is 6.31. The van der Waals surface area contributed by atoms with E-state index in [0.717, 1.165) is 25.1 Å². The SMILES string of the molecule is COc1ccc(CCNC(=O)CC2CCCN2)cc1. The van der Waals surface area contributed by atoms with Crippen LogP contribution in [0.4, 0.5) is 0 Å². The first-order valence-electron chi connectivity index (χ1n) is 6.91. The predicted octanol–water partition coefficient (Wildman–Crippen LogP) is 1.50. The zero-order valence-electron chi connectivity index (χ0n) is 11.4. The summed E-state index contributed by atoms with van der Waals surface area (Å²) in [6.07, 6.45) is 3.76. The van der Waals surface area contributed by atoms with Gasteiger partial charge in [-0.1, -0.05) is 12.1 Å². The fourth-order valence-electron chi connectivity index (χ4n) is 2.37. The van der Waals surface area contributed by atoms with E-state index in [-0.39, 0.29) is 5.91 Å². The molecule has 2 N–H and O–H groups in total. The van der Waals surface area contributed by atoms with Crippen LogP contribution < -0.4 is 15.4 Å². The fraction of sp³-hybridized carbons (Fsp3) is 0.533. The van der Waals surface area contributed by atoms with Crippen LogP contribution in [0.5, 0.6) is 5.75 Å². The first-order valence-corrected chi connectivity index (χ1v) is 6.91. The summed E-state index contributed by atoms with van der Waals surface area (Å²) in [5.41, 5.74) is 1.21. The molecule has 0 bridgehead atoms. The third-order valence-electron chi connectivity index (χ3n) is 3.49. The molecular formula is C15H22N2O2. The van der Waals surface area contributed by atoms with Crippen LogP contribution in [0.2, 0.25) is 0 Å². The van der Waals surface area contributed by atoms with E-state index in [1.54, 1.807) is 7.11 Å². The van der Waals surface area contributed by atoms with Crippen molar-refractivity contribution < 1.29 is 9.53 Å². The van der Waals surface area contributed by atoms with Gasteiger partial charge in [0.15, 0.2) is 0 Å². The van der Waals surface area contributed by atoms with Gasteiger partial charge in [0.25, 0.3) is 0 Å². The number of benzene rings is 1. The summed E-state index contributed by atoms with van der Waals surface area (Å²) >= 11 is 0. The highest BCUT2D eigenvalue weighted by molar-refractivity contribution is 5.76. The monoisotopic (exact) mass is 262 g/mol. The van der Waals surface area contributed by atoms with E-state index in [2.05, 4.69) is 10.6 Å². The summed E-state index contributed by atoms with van der Waals surface area (Å²) in [6, 6.07) is 8.33. The molecule has 4 heteroatoms. The number of hydrogen-bond donors (Lipinski definition) is 2. The van der Waals surface area contributed by atoms with Gasteiger partial charge in [0.2, 0.25) is 5.91 Å². The molecule has 2 rings (SSSR count). The van der Waals surface area contributed by atoms with Crippen molar-refractivity contribution in [1.29, 1.82) is 0 Å². The van der Waals surface area contributed by atoms with Crippen molar-refractivity contribution in [2.45, 2.75) is 31.7 Å². The van der Waals surface area contributed by atoms with Crippen molar-refractivity contribution in [3.8, 4) is 5.75 Å². The van der Waals surface area contributed by atoms with Crippen molar-refractivity contribution in [3.05, 3.63) is 29.8 Å². The molecule has 1 aromatic rings. The standard InChI is InChI=1S/C15H22N2O2/c1-19-14-6-4-12(5-7-14)8-10-17-15(18)11-13-3-2-9-16-13/h4-7,13,16H,2-3,8-11H2,1H3,(H,17,18). The maximum atomic E-state index is 11.7. The highest BCUT2D eigenvalue weighted by atomic mass is 16.5. The van der Waals surface area contributed by atoms with Gasteiger partial charge >= 0.3 is 0 Å². The topological polar surface area (TPSA) is 50.4 Å². The zero-order chi connectivity index (χ0) is 13.5. The summed E-state index contributed by atoms with van der Waals surface area (Å²) in [6.45, 7) is 1.74. The molecule has 0 aliphatic carbocycles. The summed E-state index contributed by atoms with van der Waals surface area (Å²) in [7, 11) is 1.66. The van der Waals surface area contributed by atoms with Gasteiger partial charge in [0.05, 0.1) is 7.11 Å². The van der Waals surface area contributed by atoms with Crippen molar-refractivity contribution in [1.82, 2.24) is 10.6 Å². The lowest BCUT2D eigenvalue weighted by atomic mass is 10.1. The van der Waals surface area contributed by atoms with E-state index in [9.17, 15) is 4.79 Å². The summed E-state index contributed by atoms with van der Waals surface area (Å²) < 4.78 is 5.11. The third-order valence-corrected chi connectivity index (χ3v) is 3.49. The van der Waals surface area contributed by atoms with E-state index >= 15 is 0 Å². The molecule has 1 unspecified atom stereocenters. The molecule has 19 heavy (non-hydrogen) atoms. The van der Waals surface area contributed by atoms with Gasteiger partial charge in [0, 0.05) is 19.0 Å². The van der Waals surface area contributed by atoms with Gasteiger partial charge in [0.1, 0.15) is 5.75 Å². The molecule has 1 aliphatic rings. The van der Waals surface area contributed by atoms with Crippen LogP contribution in [-0.4, -0.2) is 32.1 Å². The fourth-order valence-corrected chi connectivity index (χ4v) is 2.37. The minimum absolute atomic E-state index is 0.146. The van der Waals surface area contributed by atoms with Crippen LogP contribution in [-0.2, 0) is 11.2 Å². The van der Waals surface area contributed by atoms with Crippen LogP contribution >= 0.6 is 0 Å². The van der Waals surface area contributed by atoms with Crippen LogP contribution in [0.3, 0.4) is 0 Å². The summed E-state index contributed by atoms with van der Waals surface area (Å²) in [5.74, 6) is 1.01. The van der Waals surface area contributed by atoms with E-state index in [1.807, 2.05) is 24.3 Å². The zero-order valence-corrected chi connectivity index (χ0v) is 11.4. The summed E-state index contributed by atoms with van der Waals surface area (Å²) in [4.78, 5) is 11.7. The molecule has 104 valence electrons. The smallest absolute Gasteiger partial charge is 0.221 e. The van der Waals surface area contributed by atoms with Gasteiger partial charge in [-0.15, -0.1) is 0 Å². The minimum Gasteiger partial charge on any atom is -0.497 e. The van der Waals surface area contributed by atoms with E-state index in [1.165, 1.54) is 12.0 Å². The van der Waals surface area contributed by atoms with Crippen LogP contribution in [0, 0.1) is 0 Å². The Hall–Kier alpha value is -1.55. The molecule has 1 aromatic carbocycles. The lowest BCUT2D eigenvalue weighted by Gasteiger charge is -2.10. The number of hydrogen-bond acceptors (Lipinski definition) is 3. The highest BCUT2D eigenvalue weighted by Crippen LogP contribution is 2.11. The molecule has 1 atom stereocenters. The molecule has 0 saturated carbocycles. The van der Waals surface area contributed by atoms with Gasteiger partial charge < -0.3 is 15.4 Å². The van der Waals surface area contributed by atoms with Crippen molar-refractivity contribution in [3.63, 3.8) is 0 Å². The number of rotatable bonds is 6. The molecule has 1 saturated heterocycles. The molecule has 1 amide bonds. The maximum absolute atomic E-state index is 11.7. The van der Waals surface area contributed by atoms with Gasteiger partial charge in [-0.2, -0.15) is 0 Å². The quantitative estimate of drug-likeness (QED) is 0.817. The second kappa shape index (κ2) is 7.14. The molecular weight excluding hydrogens is 240 g/mol. The van der Waals surface area contributed by atoms with E-state index < -0.39 is 0 Å². The lowest BCUT2D eigenvalue weighted by Crippen LogP contribution is -2.32. The molecule has 0 aromatic heterocycles. The Kier molecular flexibility index (Phi) is 5.21. The molecule has 1 heterocycles. The van der Waals surface area contributed by atoms with Crippen LogP contribution in [0.25, 0.3) is 0 Å². The second-order valence-corrected chi connectivity index (χ2v) is 4.95. The van der Waals surface area contributed by atoms with Crippen LogP contribution in [0.15, 0.2) is 24.3 Å². The average Bonchev–Trinajstić information content (AvgIpc) is 2.92. The Morgan fingerprint density at radius 1 is 1.42 bits per heavy atom. The van der Waals surface area contributed by atoms with E-state index in [0.29, 0.717) is 19.0 Å². The van der Waals surface area contributed by atoms with Gasteiger partial charge in [-0.3, -0.25) is 4.79 Å². The lowest BCUT2D eigenvalue weighted by molar-refractivity contribution is -0.121. The predicted molar refractivity (Wildman–Crippen MR) is 75.3 cm³/mol. The Balaban J connectivity index is 1.65. The maximum Gasteiger partial charge on any atom is 0.221 e. The first kappa shape index (κ1) is 13.9. The van der Waals surface area contributed by atoms with Crippen molar-refractivity contribution in [2.24, 2.45) is 0 Å². The molecule has 0 radical (unpaired) electrons. The van der Waals surface area contributed by atoms with Gasteiger partial charge in [-0.05, 0) is 43.5 Å². The number of ether oxygens (including phenoxy) is 1. The Labute approximate surface area is 114 Å². The van der Waals surface area contributed by atoms with Crippen molar-refractivity contribution >= 4 is 5.91 Å². The van der Waals surface area contributed by atoms with Gasteiger partial charge in [-0.25, -0.2) is 0 Å². The minimum atomic E-state index is 0.146. The third kappa shape index (κ3) is 4.56. The molecule has 1 aliphatic heterocycles. The molecule has 1 fully saturated rings. The van der Waals surface area contributed by atoms with Crippen molar-refractivity contribution in [2.75, 3.05) is 20.2 Å². The largest absolute Gasteiger partial charge is 0.497 e. The Morgan fingerprint density at radius 2 is 2.21 bits per heavy atom. The first-order chi connectivity index (χ1) is 9.28. The number of methoxy groups -OCH3 is 1. The Morgan fingerprint density at radius 3 is 2.84 bits per heavy atom. The highest BCUT2D eigenvalue weighted by Gasteiger charge is 2.16. The normalized spacial score (nSPS) is 18.3. The number of amides is 1. The average molecular weight is 262 g/mol. The molecule has 4 nitrogen and oxygen atoms in total. The number of carbonyl (C=O) groups excluding carboxylic acids is 1.